The minimum absolute atomic E-state index is 0.0617. The topological polar surface area (TPSA) is 20.2 Å². The van der Waals surface area contributed by atoms with Crippen molar-refractivity contribution in [2.45, 2.75) is 26.2 Å². The zero-order valence-corrected chi connectivity index (χ0v) is 9.04. The van der Waals surface area contributed by atoms with Gasteiger partial charge in [0.1, 0.15) is 5.82 Å². The summed E-state index contributed by atoms with van der Waals surface area (Å²) < 4.78 is 13.0. The van der Waals surface area contributed by atoms with E-state index in [2.05, 4.69) is 6.92 Å². The third kappa shape index (κ3) is 2.37. The molecule has 1 aliphatic rings. The Morgan fingerprint density at radius 2 is 2.20 bits per heavy atom. The van der Waals surface area contributed by atoms with E-state index < -0.39 is 0 Å². The maximum absolute atomic E-state index is 13.0. The number of benzene rings is 1. The molecule has 0 radical (unpaired) electrons. The molecule has 0 aliphatic heterocycles. The van der Waals surface area contributed by atoms with Crippen molar-refractivity contribution in [2.75, 3.05) is 6.61 Å². The smallest absolute Gasteiger partial charge is 0.123 e. The van der Waals surface area contributed by atoms with Gasteiger partial charge in [-0.2, -0.15) is 0 Å². The molecule has 0 amide bonds. The lowest BCUT2D eigenvalue weighted by Crippen LogP contribution is -2.26. The fraction of sp³-hybridized carbons (Fsp3) is 0.538. The first-order chi connectivity index (χ1) is 7.14. The van der Waals surface area contributed by atoms with E-state index in [1.807, 2.05) is 6.07 Å². The standard InChI is InChI=1S/C13H17FO/c1-13(9-15,11-5-6-11)8-10-3-2-4-12(14)7-10/h2-4,7,11,15H,5-6,8-9H2,1H3. The SMILES string of the molecule is CC(CO)(Cc1cccc(F)c1)C1CC1. The van der Waals surface area contributed by atoms with Crippen LogP contribution in [0.5, 0.6) is 0 Å². The molecule has 2 heteroatoms. The van der Waals surface area contributed by atoms with Gasteiger partial charge in [-0.3, -0.25) is 0 Å². The Morgan fingerprint density at radius 3 is 2.73 bits per heavy atom. The van der Waals surface area contributed by atoms with Gasteiger partial charge in [-0.15, -0.1) is 0 Å². The Morgan fingerprint density at radius 1 is 1.47 bits per heavy atom. The van der Waals surface area contributed by atoms with Crippen LogP contribution in [0.3, 0.4) is 0 Å². The Bertz CT molecular complexity index is 346. The maximum atomic E-state index is 13.0. The number of rotatable bonds is 4. The highest BCUT2D eigenvalue weighted by molar-refractivity contribution is 5.18. The molecular formula is C13H17FO. The lowest BCUT2D eigenvalue weighted by atomic mass is 9.80. The summed E-state index contributed by atoms with van der Waals surface area (Å²) in [7, 11) is 0. The predicted octanol–water partition coefficient (Wildman–Crippen LogP) is 2.78. The number of hydrogen-bond acceptors (Lipinski definition) is 1. The molecule has 0 spiro atoms. The quantitative estimate of drug-likeness (QED) is 0.806. The Labute approximate surface area is 89.9 Å². The van der Waals surface area contributed by atoms with Crippen LogP contribution in [0.2, 0.25) is 0 Å². The van der Waals surface area contributed by atoms with Crippen LogP contribution in [0.15, 0.2) is 24.3 Å². The summed E-state index contributed by atoms with van der Waals surface area (Å²) in [5.41, 5.74) is 0.923. The highest BCUT2D eigenvalue weighted by Gasteiger charge is 2.40. The van der Waals surface area contributed by atoms with Crippen molar-refractivity contribution >= 4 is 0 Å². The molecule has 0 heterocycles. The number of aliphatic hydroxyl groups excluding tert-OH is 1. The van der Waals surface area contributed by atoms with Gasteiger partial charge in [0.25, 0.3) is 0 Å². The van der Waals surface area contributed by atoms with E-state index in [-0.39, 0.29) is 17.8 Å². The third-order valence-electron chi connectivity index (χ3n) is 3.42. The first kappa shape index (κ1) is 10.6. The van der Waals surface area contributed by atoms with Crippen LogP contribution < -0.4 is 0 Å². The molecule has 1 unspecified atom stereocenters. The number of hydrogen-bond donors (Lipinski definition) is 1. The predicted molar refractivity (Wildman–Crippen MR) is 58.0 cm³/mol. The molecule has 1 N–H and O–H groups in total. The molecule has 1 nitrogen and oxygen atoms in total. The molecule has 1 atom stereocenters. The fourth-order valence-electron chi connectivity index (χ4n) is 2.22. The van der Waals surface area contributed by atoms with Gasteiger partial charge in [-0.1, -0.05) is 19.1 Å². The third-order valence-corrected chi connectivity index (χ3v) is 3.42. The Balaban J connectivity index is 2.12. The molecule has 2 rings (SSSR count). The average molecular weight is 208 g/mol. The molecule has 1 aromatic carbocycles. The molecule has 0 aromatic heterocycles. The van der Waals surface area contributed by atoms with Gasteiger partial charge in [-0.05, 0) is 48.3 Å². The minimum atomic E-state index is -0.191. The van der Waals surface area contributed by atoms with Gasteiger partial charge < -0.3 is 5.11 Å². The number of halogens is 1. The zero-order chi connectivity index (χ0) is 10.9. The molecule has 1 aromatic rings. The van der Waals surface area contributed by atoms with Gasteiger partial charge in [0.2, 0.25) is 0 Å². The van der Waals surface area contributed by atoms with Crippen LogP contribution in [0, 0.1) is 17.2 Å². The van der Waals surface area contributed by atoms with Crippen molar-refractivity contribution in [3.8, 4) is 0 Å². The second-order valence-corrected chi connectivity index (χ2v) is 4.89. The minimum Gasteiger partial charge on any atom is -0.396 e. The van der Waals surface area contributed by atoms with E-state index in [1.54, 1.807) is 12.1 Å². The molecule has 0 bridgehead atoms. The van der Waals surface area contributed by atoms with E-state index in [0.29, 0.717) is 5.92 Å². The summed E-state index contributed by atoms with van der Waals surface area (Å²) in [6.07, 6.45) is 3.17. The van der Waals surface area contributed by atoms with Crippen LogP contribution in [0.25, 0.3) is 0 Å². The Kier molecular flexibility index (Phi) is 2.79. The first-order valence-corrected chi connectivity index (χ1v) is 5.49. The van der Waals surface area contributed by atoms with Crippen LogP contribution >= 0.6 is 0 Å². The summed E-state index contributed by atoms with van der Waals surface area (Å²) in [5.74, 6) is 0.425. The van der Waals surface area contributed by atoms with Crippen LogP contribution in [-0.2, 0) is 6.42 Å². The highest BCUT2D eigenvalue weighted by Crippen LogP contribution is 2.47. The van der Waals surface area contributed by atoms with E-state index in [4.69, 9.17) is 0 Å². The molecule has 1 fully saturated rings. The van der Waals surface area contributed by atoms with Gasteiger partial charge in [0.15, 0.2) is 0 Å². The van der Waals surface area contributed by atoms with Crippen molar-refractivity contribution < 1.29 is 9.50 Å². The van der Waals surface area contributed by atoms with Crippen molar-refractivity contribution in [2.24, 2.45) is 11.3 Å². The van der Waals surface area contributed by atoms with Gasteiger partial charge in [0, 0.05) is 6.61 Å². The normalized spacial score (nSPS) is 19.9. The summed E-state index contributed by atoms with van der Waals surface area (Å²) in [4.78, 5) is 0. The largest absolute Gasteiger partial charge is 0.396 e. The highest BCUT2D eigenvalue weighted by atomic mass is 19.1. The monoisotopic (exact) mass is 208 g/mol. The number of aliphatic hydroxyl groups is 1. The molecule has 0 saturated heterocycles. The first-order valence-electron chi connectivity index (χ1n) is 5.49. The van der Waals surface area contributed by atoms with Gasteiger partial charge in [-0.25, -0.2) is 4.39 Å². The molecule has 1 saturated carbocycles. The second-order valence-electron chi connectivity index (χ2n) is 4.89. The van der Waals surface area contributed by atoms with Crippen LogP contribution in [0.4, 0.5) is 4.39 Å². The molecule has 15 heavy (non-hydrogen) atoms. The maximum Gasteiger partial charge on any atom is 0.123 e. The van der Waals surface area contributed by atoms with E-state index in [0.717, 1.165) is 12.0 Å². The lowest BCUT2D eigenvalue weighted by Gasteiger charge is -2.27. The second kappa shape index (κ2) is 3.93. The molecule has 1 aliphatic carbocycles. The Hall–Kier alpha value is -0.890. The summed E-state index contributed by atoms with van der Waals surface area (Å²) in [6.45, 7) is 2.28. The summed E-state index contributed by atoms with van der Waals surface area (Å²) in [6, 6.07) is 6.68. The van der Waals surface area contributed by atoms with Gasteiger partial charge >= 0.3 is 0 Å². The van der Waals surface area contributed by atoms with E-state index >= 15 is 0 Å². The van der Waals surface area contributed by atoms with Crippen molar-refractivity contribution in [3.63, 3.8) is 0 Å². The molecule has 82 valence electrons. The van der Waals surface area contributed by atoms with E-state index in [9.17, 15) is 9.50 Å². The summed E-state index contributed by atoms with van der Waals surface area (Å²) in [5, 5.41) is 9.43. The average Bonchev–Trinajstić information content (AvgIpc) is 3.01. The van der Waals surface area contributed by atoms with Crippen molar-refractivity contribution in [1.82, 2.24) is 0 Å². The molecular weight excluding hydrogens is 191 g/mol. The van der Waals surface area contributed by atoms with Crippen LogP contribution in [-0.4, -0.2) is 11.7 Å². The lowest BCUT2D eigenvalue weighted by molar-refractivity contribution is 0.119. The van der Waals surface area contributed by atoms with E-state index in [1.165, 1.54) is 18.9 Å². The summed E-state index contributed by atoms with van der Waals surface area (Å²) >= 11 is 0. The van der Waals surface area contributed by atoms with Crippen molar-refractivity contribution in [1.29, 1.82) is 0 Å². The fourth-order valence-corrected chi connectivity index (χ4v) is 2.22. The van der Waals surface area contributed by atoms with Gasteiger partial charge in [0.05, 0.1) is 0 Å². The van der Waals surface area contributed by atoms with Crippen molar-refractivity contribution in [3.05, 3.63) is 35.6 Å². The van der Waals surface area contributed by atoms with Crippen LogP contribution in [0.1, 0.15) is 25.3 Å². The zero-order valence-electron chi connectivity index (χ0n) is 9.04.